The Morgan fingerprint density at radius 2 is 1.63 bits per heavy atom. The average Bonchev–Trinajstić information content (AvgIpc) is 3.36. The van der Waals surface area contributed by atoms with Gasteiger partial charge >= 0.3 is 0 Å². The number of thioether (sulfide) groups is 1. The highest BCUT2D eigenvalue weighted by Crippen LogP contribution is 2.34. The van der Waals surface area contributed by atoms with Crippen molar-refractivity contribution in [1.29, 1.82) is 0 Å². The summed E-state index contributed by atoms with van der Waals surface area (Å²) in [6.07, 6.45) is 1.48. The van der Waals surface area contributed by atoms with Crippen LogP contribution in [0, 0.1) is 6.92 Å². The molecule has 0 aliphatic rings. The van der Waals surface area contributed by atoms with Crippen LogP contribution >= 0.6 is 23.4 Å². The Morgan fingerprint density at radius 1 is 0.974 bits per heavy atom. The SMILES string of the molecule is COc1cc(OC)c(OC)cc1/C=N\NC(=O)CSc1nnc(-c2ccc(C)cc2)n1-c1ccc(Cl)cc1. The van der Waals surface area contributed by atoms with Gasteiger partial charge < -0.3 is 14.2 Å². The number of benzene rings is 3. The predicted molar refractivity (Wildman–Crippen MR) is 149 cm³/mol. The highest BCUT2D eigenvalue weighted by molar-refractivity contribution is 7.99. The number of rotatable bonds is 10. The van der Waals surface area contributed by atoms with E-state index in [1.54, 1.807) is 31.4 Å². The van der Waals surface area contributed by atoms with Crippen LogP contribution in [0.3, 0.4) is 0 Å². The van der Waals surface area contributed by atoms with Crippen molar-refractivity contribution in [3.05, 3.63) is 76.8 Å². The molecule has 1 N–H and O–H groups in total. The molecular weight excluding hydrogens is 526 g/mol. The Balaban J connectivity index is 1.50. The summed E-state index contributed by atoms with van der Waals surface area (Å²) in [6, 6.07) is 18.8. The smallest absolute Gasteiger partial charge is 0.250 e. The number of hydrazone groups is 1. The van der Waals surface area contributed by atoms with E-state index in [4.69, 9.17) is 25.8 Å². The van der Waals surface area contributed by atoms with Gasteiger partial charge in [0.2, 0.25) is 0 Å². The molecule has 196 valence electrons. The van der Waals surface area contributed by atoms with E-state index in [2.05, 4.69) is 20.7 Å². The van der Waals surface area contributed by atoms with Gasteiger partial charge in [-0.3, -0.25) is 9.36 Å². The molecule has 0 atom stereocenters. The molecule has 0 radical (unpaired) electrons. The first-order valence-corrected chi connectivity index (χ1v) is 12.8. The summed E-state index contributed by atoms with van der Waals surface area (Å²) in [4.78, 5) is 12.6. The molecule has 0 unspecified atom stereocenters. The standard InChI is InChI=1S/C27H26ClN5O4S/c1-17-5-7-18(8-6-17)26-31-32-27(33(26)21-11-9-20(28)10-12-21)38-16-25(34)30-29-15-19-13-23(36-3)24(37-4)14-22(19)35-2/h5-15H,16H2,1-4H3,(H,30,34)/b29-15-. The second-order valence-electron chi connectivity index (χ2n) is 8.02. The second-order valence-corrected chi connectivity index (χ2v) is 9.39. The number of carbonyl (C=O) groups excluding carboxylic acids is 1. The summed E-state index contributed by atoms with van der Waals surface area (Å²) in [6.45, 7) is 2.03. The Morgan fingerprint density at radius 3 is 2.29 bits per heavy atom. The number of aromatic nitrogens is 3. The molecule has 1 amide bonds. The molecule has 11 heteroatoms. The molecule has 0 fully saturated rings. The summed E-state index contributed by atoms with van der Waals surface area (Å²) in [7, 11) is 4.62. The lowest BCUT2D eigenvalue weighted by Gasteiger charge is -2.11. The number of hydrogen-bond donors (Lipinski definition) is 1. The number of carbonyl (C=O) groups is 1. The van der Waals surface area contributed by atoms with E-state index in [0.29, 0.717) is 38.8 Å². The van der Waals surface area contributed by atoms with Gasteiger partial charge in [0.1, 0.15) is 5.75 Å². The molecule has 38 heavy (non-hydrogen) atoms. The summed E-state index contributed by atoms with van der Waals surface area (Å²) < 4.78 is 17.9. The minimum atomic E-state index is -0.312. The normalized spacial score (nSPS) is 11.0. The monoisotopic (exact) mass is 551 g/mol. The fourth-order valence-electron chi connectivity index (χ4n) is 3.57. The van der Waals surface area contributed by atoms with Crippen molar-refractivity contribution in [2.45, 2.75) is 12.1 Å². The molecule has 0 bridgehead atoms. The van der Waals surface area contributed by atoms with Crippen molar-refractivity contribution in [2.24, 2.45) is 5.10 Å². The van der Waals surface area contributed by atoms with Crippen molar-refractivity contribution in [2.75, 3.05) is 27.1 Å². The largest absolute Gasteiger partial charge is 0.496 e. The molecule has 4 rings (SSSR count). The van der Waals surface area contributed by atoms with Crippen molar-refractivity contribution < 1.29 is 19.0 Å². The molecule has 0 aliphatic carbocycles. The van der Waals surface area contributed by atoms with Crippen LogP contribution in [0.4, 0.5) is 0 Å². The van der Waals surface area contributed by atoms with Gasteiger partial charge in [-0.1, -0.05) is 53.2 Å². The third-order valence-electron chi connectivity index (χ3n) is 5.49. The third kappa shape index (κ3) is 6.27. The van der Waals surface area contributed by atoms with Crippen LogP contribution in [0.5, 0.6) is 17.2 Å². The number of nitrogens with one attached hydrogen (secondary N) is 1. The maximum absolute atomic E-state index is 12.6. The van der Waals surface area contributed by atoms with E-state index in [9.17, 15) is 4.79 Å². The number of methoxy groups -OCH3 is 3. The maximum atomic E-state index is 12.6. The van der Waals surface area contributed by atoms with Gasteiger partial charge in [-0.2, -0.15) is 5.10 Å². The van der Waals surface area contributed by atoms with Crippen LogP contribution in [0.15, 0.2) is 70.9 Å². The topological polar surface area (TPSA) is 99.9 Å². The Labute approximate surface area is 229 Å². The first-order chi connectivity index (χ1) is 18.4. The molecule has 9 nitrogen and oxygen atoms in total. The van der Waals surface area contributed by atoms with Gasteiger partial charge in [-0.05, 0) is 37.3 Å². The summed E-state index contributed by atoms with van der Waals surface area (Å²) in [5.41, 5.74) is 6.03. The van der Waals surface area contributed by atoms with E-state index in [1.165, 1.54) is 32.2 Å². The molecule has 0 saturated carbocycles. The van der Waals surface area contributed by atoms with Crippen molar-refractivity contribution in [3.63, 3.8) is 0 Å². The Bertz CT molecular complexity index is 1440. The fourth-order valence-corrected chi connectivity index (χ4v) is 4.44. The minimum Gasteiger partial charge on any atom is -0.496 e. The highest BCUT2D eigenvalue weighted by Gasteiger charge is 2.17. The number of ether oxygens (including phenoxy) is 3. The van der Waals surface area contributed by atoms with Gasteiger partial charge in [0, 0.05) is 27.9 Å². The average molecular weight is 552 g/mol. The molecule has 1 heterocycles. The summed E-state index contributed by atoms with van der Waals surface area (Å²) >= 11 is 7.35. The summed E-state index contributed by atoms with van der Waals surface area (Å²) in [5.74, 6) is 1.98. The van der Waals surface area contributed by atoms with Crippen LogP contribution in [0.2, 0.25) is 5.02 Å². The lowest BCUT2D eigenvalue weighted by atomic mass is 10.1. The zero-order chi connectivity index (χ0) is 27.1. The van der Waals surface area contributed by atoms with Gasteiger partial charge in [-0.15, -0.1) is 10.2 Å². The van der Waals surface area contributed by atoms with Gasteiger partial charge in [-0.25, -0.2) is 5.43 Å². The highest BCUT2D eigenvalue weighted by atomic mass is 35.5. The quantitative estimate of drug-likeness (QED) is 0.165. The summed E-state index contributed by atoms with van der Waals surface area (Å²) in [5, 5.41) is 14.0. The zero-order valence-electron chi connectivity index (χ0n) is 21.3. The number of hydrogen-bond acceptors (Lipinski definition) is 8. The second kappa shape index (κ2) is 12.5. The van der Waals surface area contributed by atoms with E-state index in [-0.39, 0.29) is 11.7 Å². The lowest BCUT2D eigenvalue weighted by molar-refractivity contribution is -0.118. The molecule has 3 aromatic carbocycles. The number of aryl methyl sites for hydroxylation is 1. The molecule has 0 saturated heterocycles. The number of nitrogens with zero attached hydrogens (tertiary/aromatic N) is 4. The lowest BCUT2D eigenvalue weighted by Crippen LogP contribution is -2.20. The first-order valence-electron chi connectivity index (χ1n) is 11.5. The Hall–Kier alpha value is -4.02. The first kappa shape index (κ1) is 27.0. The van der Waals surface area contributed by atoms with Crippen molar-refractivity contribution in [3.8, 4) is 34.3 Å². The van der Waals surface area contributed by atoms with E-state index in [1.807, 2.05) is 47.9 Å². The van der Waals surface area contributed by atoms with Crippen LogP contribution in [0.1, 0.15) is 11.1 Å². The maximum Gasteiger partial charge on any atom is 0.250 e. The minimum absolute atomic E-state index is 0.0695. The predicted octanol–water partition coefficient (Wildman–Crippen LogP) is 5.16. The fraction of sp³-hybridized carbons (Fsp3) is 0.185. The van der Waals surface area contributed by atoms with E-state index in [0.717, 1.165) is 16.8 Å². The molecule has 0 aliphatic heterocycles. The van der Waals surface area contributed by atoms with Gasteiger partial charge in [0.25, 0.3) is 5.91 Å². The zero-order valence-corrected chi connectivity index (χ0v) is 22.8. The third-order valence-corrected chi connectivity index (χ3v) is 6.67. The molecular formula is C27H26ClN5O4S. The van der Waals surface area contributed by atoms with Crippen molar-refractivity contribution in [1.82, 2.24) is 20.2 Å². The number of amides is 1. The molecule has 0 spiro atoms. The number of halogens is 1. The molecule has 4 aromatic rings. The molecule has 1 aromatic heterocycles. The van der Waals surface area contributed by atoms with Crippen LogP contribution in [-0.4, -0.2) is 54.0 Å². The van der Waals surface area contributed by atoms with Crippen LogP contribution in [0.25, 0.3) is 17.1 Å². The van der Waals surface area contributed by atoms with E-state index >= 15 is 0 Å². The van der Waals surface area contributed by atoms with Crippen LogP contribution in [-0.2, 0) is 4.79 Å². The Kier molecular flexibility index (Phi) is 8.88. The van der Waals surface area contributed by atoms with Crippen LogP contribution < -0.4 is 19.6 Å². The van der Waals surface area contributed by atoms with E-state index < -0.39 is 0 Å². The van der Waals surface area contributed by atoms with Crippen molar-refractivity contribution >= 4 is 35.5 Å². The van der Waals surface area contributed by atoms with Gasteiger partial charge in [0.05, 0.1) is 33.3 Å². The van der Waals surface area contributed by atoms with Gasteiger partial charge in [0.15, 0.2) is 22.5 Å².